The van der Waals surface area contributed by atoms with Gasteiger partial charge in [0, 0.05) is 30.7 Å². The molecule has 2 aliphatic heterocycles. The molecule has 0 radical (unpaired) electrons. The standard InChI is InChI=1S/C44H62N4O10/c1-26(2)37-41(55)46-38(30-16-13-17-31(50)25-30)42(56)48-24-14-18-33(47-48)43(57)58-35(27(3)15-12-21-36(52)44(6,7)8)20-11-9-10-19-34(51)29(5)39(53)32(40(54)45-37)23-22-28(4)49/h9-13,15-17,19,21,25-26,29,32-35,37-39,47,50-51,53H,14,18,20,22-24H2,1-8H3,(H,45,54)(H,46,55)/b11-9+,19-10+,21-12+,27-15+/t29-,32+,33?,34-,35-,37-,38?,39+/m0/s1. The van der Waals surface area contributed by atoms with Crippen LogP contribution in [0.3, 0.4) is 0 Å². The summed E-state index contributed by atoms with van der Waals surface area (Å²) in [6, 6.07) is 2.29. The van der Waals surface area contributed by atoms with E-state index < -0.39 is 83.3 Å². The Morgan fingerprint density at radius 1 is 1.03 bits per heavy atom. The number of rotatable bonds is 8. The lowest BCUT2D eigenvalue weighted by Gasteiger charge is -2.36. The number of phenolic OH excluding ortho intramolecular Hbond substituents is 1. The second-order valence-corrected chi connectivity index (χ2v) is 16.6. The van der Waals surface area contributed by atoms with Gasteiger partial charge in [0.1, 0.15) is 35.8 Å². The molecule has 6 N–H and O–H groups in total. The smallest absolute Gasteiger partial charge is 0.325 e. The third-order valence-corrected chi connectivity index (χ3v) is 10.4. The van der Waals surface area contributed by atoms with Crippen molar-refractivity contribution < 1.29 is 48.8 Å². The molecule has 2 aliphatic rings. The molecule has 3 amide bonds. The quantitative estimate of drug-likeness (QED) is 0.125. The van der Waals surface area contributed by atoms with Crippen molar-refractivity contribution in [1.82, 2.24) is 21.1 Å². The highest BCUT2D eigenvalue weighted by Crippen LogP contribution is 2.26. The van der Waals surface area contributed by atoms with E-state index in [1.165, 1.54) is 42.3 Å². The second kappa shape index (κ2) is 21.7. The minimum Gasteiger partial charge on any atom is -0.508 e. The summed E-state index contributed by atoms with van der Waals surface area (Å²) in [7, 11) is 0. The molecule has 2 bridgehead atoms. The zero-order chi connectivity index (χ0) is 43.3. The van der Waals surface area contributed by atoms with Crippen LogP contribution in [0.4, 0.5) is 0 Å². The maximum atomic E-state index is 14.3. The van der Waals surface area contributed by atoms with Crippen molar-refractivity contribution in [2.45, 2.75) is 124 Å². The number of benzene rings is 1. The number of nitrogens with one attached hydrogen (secondary N) is 3. The predicted octanol–water partition coefficient (Wildman–Crippen LogP) is 4.07. The van der Waals surface area contributed by atoms with Crippen molar-refractivity contribution in [3.63, 3.8) is 0 Å². The van der Waals surface area contributed by atoms with Gasteiger partial charge in [0.05, 0.1) is 18.1 Å². The Hall–Kier alpha value is -4.92. The van der Waals surface area contributed by atoms with Crippen molar-refractivity contribution >= 4 is 35.3 Å². The average Bonchev–Trinajstić information content (AvgIpc) is 3.16. The Balaban J connectivity index is 2.10. The zero-order valence-corrected chi connectivity index (χ0v) is 34.9. The number of amides is 3. The van der Waals surface area contributed by atoms with E-state index in [2.05, 4.69) is 16.1 Å². The average molecular weight is 807 g/mol. The Morgan fingerprint density at radius 2 is 1.74 bits per heavy atom. The summed E-state index contributed by atoms with van der Waals surface area (Å²) in [5.41, 5.74) is 3.27. The molecule has 1 aromatic carbocycles. The SMILES string of the molecule is CC(=O)CC[C@H]1C(=O)N[C@@H](C(C)C)C(=O)NC(c2cccc(O)c2)C(=O)N2CCCC(N2)C(=O)O[C@H](/C(C)=C/C=C/C(=O)C(C)(C)C)C/C=C/C=C/[C@H](O)[C@H](C)[C@H]1O. The molecular weight excluding hydrogens is 745 g/mol. The van der Waals surface area contributed by atoms with E-state index >= 15 is 0 Å². The number of carbonyl (C=O) groups is 6. The number of nitrogens with zero attached hydrogens (tertiary/aromatic N) is 1. The van der Waals surface area contributed by atoms with Crippen LogP contribution in [0.1, 0.15) is 99.1 Å². The van der Waals surface area contributed by atoms with Gasteiger partial charge in [-0.05, 0) is 68.4 Å². The molecule has 1 aromatic rings. The number of allylic oxidation sites excluding steroid dienone is 5. The van der Waals surface area contributed by atoms with Gasteiger partial charge in [0.2, 0.25) is 11.8 Å². The second-order valence-electron chi connectivity index (χ2n) is 16.6. The highest BCUT2D eigenvalue weighted by molar-refractivity contribution is 5.94. The van der Waals surface area contributed by atoms with Gasteiger partial charge in [-0.3, -0.25) is 29.0 Å². The van der Waals surface area contributed by atoms with Crippen molar-refractivity contribution in [3.8, 4) is 5.75 Å². The molecule has 14 heteroatoms. The van der Waals surface area contributed by atoms with E-state index in [4.69, 9.17) is 4.74 Å². The molecule has 0 spiro atoms. The number of hydrogen-bond acceptors (Lipinski definition) is 11. The van der Waals surface area contributed by atoms with Crippen LogP contribution in [-0.4, -0.2) is 92.5 Å². The Morgan fingerprint density at radius 3 is 2.38 bits per heavy atom. The summed E-state index contributed by atoms with van der Waals surface area (Å²) in [6.45, 7) is 13.7. The summed E-state index contributed by atoms with van der Waals surface area (Å²) in [6.07, 6.45) is 8.61. The number of aliphatic hydroxyl groups excluding tert-OH is 2. The van der Waals surface area contributed by atoms with Gasteiger partial charge in [0.25, 0.3) is 5.91 Å². The highest BCUT2D eigenvalue weighted by Gasteiger charge is 2.39. The number of cyclic esters (lactones) is 1. The van der Waals surface area contributed by atoms with Crippen LogP contribution >= 0.6 is 0 Å². The first-order valence-corrected chi connectivity index (χ1v) is 20.0. The lowest BCUT2D eigenvalue weighted by Crippen LogP contribution is -2.59. The number of aliphatic hydroxyl groups is 2. The largest absolute Gasteiger partial charge is 0.508 e. The van der Waals surface area contributed by atoms with Crippen LogP contribution in [0.15, 0.2) is 72.4 Å². The number of aromatic hydroxyl groups is 1. The van der Waals surface area contributed by atoms with Crippen LogP contribution in [0.25, 0.3) is 0 Å². The van der Waals surface area contributed by atoms with Gasteiger partial charge in [-0.15, -0.1) is 0 Å². The van der Waals surface area contributed by atoms with Gasteiger partial charge in [0.15, 0.2) is 5.78 Å². The number of Topliss-reactive ketones (excluding diaryl/α,β-unsaturated/α-hetero) is 1. The van der Waals surface area contributed by atoms with Crippen molar-refractivity contribution in [2.24, 2.45) is 23.2 Å². The van der Waals surface area contributed by atoms with E-state index in [0.717, 1.165) is 0 Å². The van der Waals surface area contributed by atoms with Crippen LogP contribution in [0.2, 0.25) is 0 Å². The third kappa shape index (κ3) is 13.9. The first kappa shape index (κ1) is 47.5. The third-order valence-electron chi connectivity index (χ3n) is 10.4. The van der Waals surface area contributed by atoms with E-state index in [9.17, 15) is 44.1 Å². The molecule has 8 atom stereocenters. The molecule has 1 fully saturated rings. The summed E-state index contributed by atoms with van der Waals surface area (Å²) in [5.74, 6) is -5.73. The number of hydrogen-bond donors (Lipinski definition) is 6. The molecule has 58 heavy (non-hydrogen) atoms. The molecule has 3 rings (SSSR count). The number of esters is 1. The zero-order valence-electron chi connectivity index (χ0n) is 34.9. The topological polar surface area (TPSA) is 212 Å². The number of ether oxygens (including phenoxy) is 1. The minimum absolute atomic E-state index is 0.0325. The van der Waals surface area contributed by atoms with Crippen LogP contribution in [0.5, 0.6) is 5.75 Å². The molecular formula is C44H62N4O10. The Labute approximate surface area is 341 Å². The molecule has 2 unspecified atom stereocenters. The first-order valence-electron chi connectivity index (χ1n) is 20.0. The number of phenols is 1. The first-order chi connectivity index (χ1) is 27.2. The lowest BCUT2D eigenvalue weighted by atomic mass is 9.84. The van der Waals surface area contributed by atoms with Gasteiger partial charge in [-0.1, -0.05) is 90.1 Å². The Bertz CT molecular complexity index is 1760. The monoisotopic (exact) mass is 806 g/mol. The number of carbonyl (C=O) groups excluding carboxylic acids is 6. The van der Waals surface area contributed by atoms with Crippen molar-refractivity contribution in [1.29, 1.82) is 0 Å². The molecule has 0 saturated carbocycles. The maximum Gasteiger partial charge on any atom is 0.325 e. The van der Waals surface area contributed by atoms with Crippen molar-refractivity contribution in [2.75, 3.05) is 6.54 Å². The Kier molecular flexibility index (Phi) is 17.8. The summed E-state index contributed by atoms with van der Waals surface area (Å²) in [5, 5.41) is 39.6. The van der Waals surface area contributed by atoms with E-state index in [1.54, 1.807) is 64.1 Å². The fraction of sp³-hybridized carbons (Fsp3) is 0.545. The van der Waals surface area contributed by atoms with Gasteiger partial charge in [-0.2, -0.15) is 0 Å². The molecule has 318 valence electrons. The fourth-order valence-electron chi connectivity index (χ4n) is 6.50. The van der Waals surface area contributed by atoms with Crippen molar-refractivity contribution in [3.05, 3.63) is 77.9 Å². The number of ketones is 2. The summed E-state index contributed by atoms with van der Waals surface area (Å²) in [4.78, 5) is 80.5. The molecule has 1 saturated heterocycles. The van der Waals surface area contributed by atoms with Gasteiger partial charge >= 0.3 is 5.97 Å². The highest BCUT2D eigenvalue weighted by atomic mass is 16.5. The number of hydrazine groups is 1. The molecule has 2 heterocycles. The van der Waals surface area contributed by atoms with E-state index in [-0.39, 0.29) is 48.7 Å². The normalized spacial score (nSPS) is 28.8. The number of fused-ring (bicyclic) bond motifs is 2. The fourth-order valence-corrected chi connectivity index (χ4v) is 6.50. The van der Waals surface area contributed by atoms with Gasteiger partial charge in [-0.25, -0.2) is 5.43 Å². The maximum absolute atomic E-state index is 14.3. The van der Waals surface area contributed by atoms with E-state index in [0.29, 0.717) is 18.4 Å². The van der Waals surface area contributed by atoms with E-state index in [1.807, 2.05) is 20.8 Å². The summed E-state index contributed by atoms with van der Waals surface area (Å²) < 4.78 is 6.02. The predicted molar refractivity (Wildman–Crippen MR) is 218 cm³/mol. The molecule has 0 aromatic heterocycles. The van der Waals surface area contributed by atoms with Crippen LogP contribution < -0.4 is 16.1 Å². The summed E-state index contributed by atoms with van der Waals surface area (Å²) >= 11 is 0. The molecule has 14 nitrogen and oxygen atoms in total. The minimum atomic E-state index is -1.42. The van der Waals surface area contributed by atoms with Crippen LogP contribution in [0, 0.1) is 23.2 Å². The lowest BCUT2D eigenvalue weighted by molar-refractivity contribution is -0.156. The van der Waals surface area contributed by atoms with Crippen LogP contribution in [-0.2, 0) is 33.5 Å². The van der Waals surface area contributed by atoms with Gasteiger partial charge < -0.3 is 35.5 Å². The molecule has 0 aliphatic carbocycles.